The van der Waals surface area contributed by atoms with Crippen molar-refractivity contribution in [2.75, 3.05) is 20.3 Å². The van der Waals surface area contributed by atoms with Gasteiger partial charge in [-0.3, -0.25) is 9.59 Å². The molecule has 1 atom stereocenters. The van der Waals surface area contributed by atoms with Crippen molar-refractivity contribution in [1.82, 2.24) is 10.2 Å². The van der Waals surface area contributed by atoms with Crippen LogP contribution in [-0.2, 0) is 16.1 Å². The number of amides is 2. The second-order valence-corrected chi connectivity index (χ2v) is 6.52. The van der Waals surface area contributed by atoms with Gasteiger partial charge in [-0.05, 0) is 38.5 Å². The lowest BCUT2D eigenvalue weighted by molar-refractivity contribution is -0.142. The summed E-state index contributed by atoms with van der Waals surface area (Å²) in [7, 11) is 1.55. The summed E-state index contributed by atoms with van der Waals surface area (Å²) in [5.41, 5.74) is 2.09. The van der Waals surface area contributed by atoms with Gasteiger partial charge >= 0.3 is 0 Å². The molecule has 28 heavy (non-hydrogen) atoms. The van der Waals surface area contributed by atoms with Crippen LogP contribution in [0.25, 0.3) is 0 Å². The summed E-state index contributed by atoms with van der Waals surface area (Å²) in [4.78, 5) is 26.8. The van der Waals surface area contributed by atoms with E-state index in [-0.39, 0.29) is 18.4 Å². The molecule has 6 nitrogen and oxygen atoms in total. The molecule has 0 bridgehead atoms. The summed E-state index contributed by atoms with van der Waals surface area (Å²) in [6.07, 6.45) is 0. The molecule has 0 aliphatic heterocycles. The zero-order valence-electron chi connectivity index (χ0n) is 16.9. The van der Waals surface area contributed by atoms with Crippen LogP contribution in [0.1, 0.15) is 25.0 Å². The lowest BCUT2D eigenvalue weighted by Crippen LogP contribution is -2.49. The molecule has 0 heterocycles. The number of hydrogen-bond acceptors (Lipinski definition) is 4. The Kier molecular flexibility index (Phi) is 7.87. The van der Waals surface area contributed by atoms with E-state index in [1.165, 1.54) is 4.90 Å². The van der Waals surface area contributed by atoms with Crippen LogP contribution in [0, 0.1) is 6.92 Å². The molecule has 2 amide bonds. The van der Waals surface area contributed by atoms with Crippen molar-refractivity contribution < 1.29 is 19.1 Å². The van der Waals surface area contributed by atoms with Crippen LogP contribution >= 0.6 is 0 Å². The molecule has 0 aliphatic rings. The third-order valence-electron chi connectivity index (χ3n) is 4.41. The van der Waals surface area contributed by atoms with E-state index in [1.54, 1.807) is 26.2 Å². The van der Waals surface area contributed by atoms with Crippen LogP contribution in [0.15, 0.2) is 48.5 Å². The van der Waals surface area contributed by atoms with Crippen LogP contribution in [0.3, 0.4) is 0 Å². The van der Waals surface area contributed by atoms with Gasteiger partial charge in [0.25, 0.3) is 5.91 Å². The number of aryl methyl sites for hydroxylation is 1. The van der Waals surface area contributed by atoms with Gasteiger partial charge in [-0.1, -0.05) is 42.0 Å². The largest absolute Gasteiger partial charge is 0.493 e. The number of ether oxygens (including phenoxy) is 2. The fourth-order valence-corrected chi connectivity index (χ4v) is 2.76. The summed E-state index contributed by atoms with van der Waals surface area (Å²) < 4.78 is 10.9. The van der Waals surface area contributed by atoms with Gasteiger partial charge in [0.05, 0.1) is 7.11 Å². The first kappa shape index (κ1) is 21.3. The van der Waals surface area contributed by atoms with Gasteiger partial charge in [0, 0.05) is 13.1 Å². The average Bonchev–Trinajstić information content (AvgIpc) is 2.71. The lowest BCUT2D eigenvalue weighted by Gasteiger charge is -2.28. The fourth-order valence-electron chi connectivity index (χ4n) is 2.76. The zero-order valence-corrected chi connectivity index (χ0v) is 16.9. The third kappa shape index (κ3) is 5.74. The van der Waals surface area contributed by atoms with Gasteiger partial charge in [0.2, 0.25) is 5.91 Å². The van der Waals surface area contributed by atoms with Crippen LogP contribution in [0.4, 0.5) is 0 Å². The number of rotatable bonds is 9. The quantitative estimate of drug-likeness (QED) is 0.722. The molecule has 2 aromatic carbocycles. The number of para-hydroxylation sites is 2. The molecule has 0 aliphatic carbocycles. The van der Waals surface area contributed by atoms with Gasteiger partial charge in [-0.2, -0.15) is 0 Å². The Hall–Kier alpha value is -3.02. The van der Waals surface area contributed by atoms with E-state index in [2.05, 4.69) is 5.32 Å². The molecular weight excluding hydrogens is 356 g/mol. The van der Waals surface area contributed by atoms with Crippen LogP contribution in [0.5, 0.6) is 11.5 Å². The second kappa shape index (κ2) is 10.3. The summed E-state index contributed by atoms with van der Waals surface area (Å²) in [5.74, 6) is 0.571. The molecular formula is C22H28N2O4. The molecule has 0 spiro atoms. The molecule has 6 heteroatoms. The first-order valence-corrected chi connectivity index (χ1v) is 9.34. The number of nitrogens with zero attached hydrogens (tertiary/aromatic N) is 1. The zero-order chi connectivity index (χ0) is 20.5. The van der Waals surface area contributed by atoms with E-state index in [9.17, 15) is 9.59 Å². The highest BCUT2D eigenvalue weighted by Crippen LogP contribution is 2.25. The Labute approximate surface area is 166 Å². The van der Waals surface area contributed by atoms with E-state index < -0.39 is 6.04 Å². The average molecular weight is 384 g/mol. The lowest BCUT2D eigenvalue weighted by atomic mass is 10.1. The van der Waals surface area contributed by atoms with Gasteiger partial charge in [0.15, 0.2) is 18.1 Å². The Morgan fingerprint density at radius 2 is 1.71 bits per heavy atom. The van der Waals surface area contributed by atoms with Gasteiger partial charge in [-0.15, -0.1) is 0 Å². The fraction of sp³-hybridized carbons (Fsp3) is 0.364. The summed E-state index contributed by atoms with van der Waals surface area (Å²) in [6, 6.07) is 14.4. The van der Waals surface area contributed by atoms with Crippen LogP contribution in [-0.4, -0.2) is 43.0 Å². The first-order valence-electron chi connectivity index (χ1n) is 9.34. The van der Waals surface area contributed by atoms with E-state index in [0.29, 0.717) is 24.6 Å². The predicted octanol–water partition coefficient (Wildman–Crippen LogP) is 2.94. The molecule has 0 unspecified atom stereocenters. The molecule has 2 aromatic rings. The highest BCUT2D eigenvalue weighted by Gasteiger charge is 2.26. The molecule has 0 fully saturated rings. The van der Waals surface area contributed by atoms with Gasteiger partial charge < -0.3 is 19.7 Å². The maximum Gasteiger partial charge on any atom is 0.261 e. The Morgan fingerprint density at radius 1 is 1.07 bits per heavy atom. The summed E-state index contributed by atoms with van der Waals surface area (Å²) in [6.45, 7) is 6.23. The molecule has 0 aromatic heterocycles. The third-order valence-corrected chi connectivity index (χ3v) is 4.41. The number of nitrogens with one attached hydrogen (secondary N) is 1. The van der Waals surface area contributed by atoms with Crippen molar-refractivity contribution in [3.63, 3.8) is 0 Å². The number of carbonyl (C=O) groups excluding carboxylic acids is 2. The number of likely N-dealkylation sites (N-methyl/N-ethyl adjacent to an activating group) is 1. The van der Waals surface area contributed by atoms with Crippen molar-refractivity contribution in [2.45, 2.75) is 33.4 Å². The molecule has 0 saturated heterocycles. The number of hydrogen-bond donors (Lipinski definition) is 1. The van der Waals surface area contributed by atoms with E-state index in [0.717, 1.165) is 11.1 Å². The molecule has 2 rings (SSSR count). The Bertz CT molecular complexity index is 789. The number of carbonyl (C=O) groups is 2. The Morgan fingerprint density at radius 3 is 2.32 bits per heavy atom. The minimum Gasteiger partial charge on any atom is -0.493 e. The van der Waals surface area contributed by atoms with Crippen LogP contribution < -0.4 is 14.8 Å². The van der Waals surface area contributed by atoms with Crippen molar-refractivity contribution in [3.8, 4) is 11.5 Å². The minimum atomic E-state index is -0.616. The minimum absolute atomic E-state index is 0.185. The van der Waals surface area contributed by atoms with Gasteiger partial charge in [0.1, 0.15) is 6.04 Å². The van der Waals surface area contributed by atoms with Gasteiger partial charge in [-0.25, -0.2) is 0 Å². The molecule has 1 N–H and O–H groups in total. The molecule has 0 radical (unpaired) electrons. The van der Waals surface area contributed by atoms with Crippen molar-refractivity contribution >= 4 is 11.8 Å². The second-order valence-electron chi connectivity index (χ2n) is 6.52. The topological polar surface area (TPSA) is 67.9 Å². The van der Waals surface area contributed by atoms with Crippen molar-refractivity contribution in [1.29, 1.82) is 0 Å². The van der Waals surface area contributed by atoms with Crippen molar-refractivity contribution in [2.24, 2.45) is 0 Å². The maximum absolute atomic E-state index is 12.9. The normalized spacial score (nSPS) is 11.4. The van der Waals surface area contributed by atoms with E-state index in [1.807, 2.05) is 50.2 Å². The smallest absolute Gasteiger partial charge is 0.261 e. The number of benzene rings is 2. The standard InChI is InChI=1S/C22H28N2O4/c1-5-23-22(26)17(3)24(14-18-12-10-16(2)11-13-18)21(25)15-28-20-9-7-6-8-19(20)27-4/h6-13,17H,5,14-15H2,1-4H3,(H,23,26)/t17-/m0/s1. The summed E-state index contributed by atoms with van der Waals surface area (Å²) in [5, 5.41) is 2.77. The van der Waals surface area contributed by atoms with E-state index in [4.69, 9.17) is 9.47 Å². The first-order chi connectivity index (χ1) is 13.5. The highest BCUT2D eigenvalue weighted by molar-refractivity contribution is 5.87. The Balaban J connectivity index is 2.15. The maximum atomic E-state index is 12.9. The monoisotopic (exact) mass is 384 g/mol. The number of methoxy groups -OCH3 is 1. The van der Waals surface area contributed by atoms with Crippen molar-refractivity contribution in [3.05, 3.63) is 59.7 Å². The van der Waals surface area contributed by atoms with Crippen LogP contribution in [0.2, 0.25) is 0 Å². The van der Waals surface area contributed by atoms with E-state index >= 15 is 0 Å². The highest BCUT2D eigenvalue weighted by atomic mass is 16.5. The predicted molar refractivity (Wildman–Crippen MR) is 108 cm³/mol. The molecule has 150 valence electrons. The molecule has 0 saturated carbocycles. The SMILES string of the molecule is CCNC(=O)[C@H](C)N(Cc1ccc(C)cc1)C(=O)COc1ccccc1OC. The summed E-state index contributed by atoms with van der Waals surface area (Å²) >= 11 is 0.